The number of hydrogen-bond acceptors (Lipinski definition) is 5. The summed E-state index contributed by atoms with van der Waals surface area (Å²) in [5.41, 5.74) is 0.247. The minimum Gasteiger partial charge on any atom is -0.493 e. The van der Waals surface area contributed by atoms with Gasteiger partial charge in [-0.3, -0.25) is 4.79 Å². The molecule has 6 nitrogen and oxygen atoms in total. The van der Waals surface area contributed by atoms with Gasteiger partial charge in [0.15, 0.2) is 17.3 Å². The molecule has 0 saturated carbocycles. The summed E-state index contributed by atoms with van der Waals surface area (Å²) in [5.74, 6) is -1.04. The van der Waals surface area contributed by atoms with Gasteiger partial charge in [0.25, 0.3) is 5.91 Å². The number of amides is 1. The SMILES string of the molecule is COc1ccc(C(=O)N2CCC3(C2)OCCO3)cc1OC(F)F. The Kier molecular flexibility index (Phi) is 4.36. The largest absolute Gasteiger partial charge is 0.493 e. The van der Waals surface area contributed by atoms with Gasteiger partial charge < -0.3 is 23.8 Å². The molecule has 0 N–H and O–H groups in total. The first-order valence-electron chi connectivity index (χ1n) is 7.23. The van der Waals surface area contributed by atoms with E-state index in [2.05, 4.69) is 4.74 Å². The number of nitrogens with zero attached hydrogens (tertiary/aromatic N) is 1. The Bertz CT molecular complexity index is 589. The Morgan fingerprint density at radius 2 is 2.04 bits per heavy atom. The highest BCUT2D eigenvalue weighted by Crippen LogP contribution is 2.33. The van der Waals surface area contributed by atoms with Crippen LogP contribution in [0.25, 0.3) is 0 Å². The molecule has 0 aliphatic carbocycles. The van der Waals surface area contributed by atoms with Crippen molar-refractivity contribution in [2.75, 3.05) is 33.4 Å². The average Bonchev–Trinajstić information content (AvgIpc) is 3.16. The van der Waals surface area contributed by atoms with E-state index in [0.717, 1.165) is 0 Å². The van der Waals surface area contributed by atoms with Crippen molar-refractivity contribution in [3.05, 3.63) is 23.8 Å². The Morgan fingerprint density at radius 1 is 1.30 bits per heavy atom. The highest BCUT2D eigenvalue weighted by Gasteiger charge is 2.44. The maximum Gasteiger partial charge on any atom is 0.387 e. The summed E-state index contributed by atoms with van der Waals surface area (Å²) >= 11 is 0. The molecule has 1 aromatic rings. The van der Waals surface area contributed by atoms with Gasteiger partial charge in [-0.05, 0) is 18.2 Å². The third kappa shape index (κ3) is 3.23. The molecule has 0 aromatic heterocycles. The van der Waals surface area contributed by atoms with Crippen molar-refractivity contribution in [1.29, 1.82) is 0 Å². The molecule has 3 rings (SSSR count). The predicted molar refractivity (Wildman–Crippen MR) is 74.8 cm³/mol. The third-order valence-electron chi connectivity index (χ3n) is 3.92. The Morgan fingerprint density at radius 3 is 2.70 bits per heavy atom. The van der Waals surface area contributed by atoms with Crippen molar-refractivity contribution in [3.63, 3.8) is 0 Å². The van der Waals surface area contributed by atoms with E-state index in [1.165, 1.54) is 25.3 Å². The number of alkyl halides is 2. The van der Waals surface area contributed by atoms with E-state index >= 15 is 0 Å². The number of carbonyl (C=O) groups is 1. The molecule has 2 saturated heterocycles. The quantitative estimate of drug-likeness (QED) is 0.844. The van der Waals surface area contributed by atoms with Crippen LogP contribution < -0.4 is 9.47 Å². The predicted octanol–water partition coefficient (Wildman–Crippen LogP) is 1.89. The lowest BCUT2D eigenvalue weighted by atomic mass is 10.1. The zero-order valence-corrected chi connectivity index (χ0v) is 12.6. The van der Waals surface area contributed by atoms with E-state index < -0.39 is 12.4 Å². The van der Waals surface area contributed by atoms with Crippen LogP contribution in [0.5, 0.6) is 11.5 Å². The topological polar surface area (TPSA) is 57.2 Å². The molecule has 8 heteroatoms. The van der Waals surface area contributed by atoms with Gasteiger partial charge in [-0.2, -0.15) is 8.78 Å². The van der Waals surface area contributed by atoms with Crippen LogP contribution in [0.1, 0.15) is 16.8 Å². The summed E-state index contributed by atoms with van der Waals surface area (Å²) in [6.45, 7) is -1.17. The van der Waals surface area contributed by atoms with Crippen molar-refractivity contribution in [2.45, 2.75) is 18.8 Å². The summed E-state index contributed by atoms with van der Waals surface area (Å²) in [5, 5.41) is 0. The maximum absolute atomic E-state index is 12.6. The van der Waals surface area contributed by atoms with E-state index in [0.29, 0.717) is 32.7 Å². The standard InChI is InChI=1S/C15H17F2NO5/c1-20-11-3-2-10(8-12(11)23-14(16)17)13(19)18-5-4-15(9-18)21-6-7-22-15/h2-3,8,14H,4-7,9H2,1H3. The van der Waals surface area contributed by atoms with Crippen LogP contribution in [-0.2, 0) is 9.47 Å². The molecule has 0 atom stereocenters. The molecule has 2 aliphatic rings. The first-order valence-corrected chi connectivity index (χ1v) is 7.23. The Labute approximate surface area is 131 Å². The normalized spacial score (nSPS) is 19.6. The molecule has 1 aromatic carbocycles. The summed E-state index contributed by atoms with van der Waals surface area (Å²) in [6, 6.07) is 4.20. The van der Waals surface area contributed by atoms with Gasteiger partial charge in [-0.15, -0.1) is 0 Å². The zero-order chi connectivity index (χ0) is 16.4. The molecule has 2 heterocycles. The average molecular weight is 329 g/mol. The molecule has 2 aliphatic heterocycles. The van der Waals surface area contributed by atoms with E-state index in [1.807, 2.05) is 0 Å². The van der Waals surface area contributed by atoms with Crippen LogP contribution in [0, 0.1) is 0 Å². The van der Waals surface area contributed by atoms with E-state index in [-0.39, 0.29) is 23.0 Å². The van der Waals surface area contributed by atoms with Crippen LogP contribution in [0.15, 0.2) is 18.2 Å². The van der Waals surface area contributed by atoms with Gasteiger partial charge in [-0.1, -0.05) is 0 Å². The van der Waals surface area contributed by atoms with Gasteiger partial charge in [-0.25, -0.2) is 0 Å². The minimum absolute atomic E-state index is 0.141. The molecule has 23 heavy (non-hydrogen) atoms. The fourth-order valence-corrected chi connectivity index (χ4v) is 2.84. The highest BCUT2D eigenvalue weighted by atomic mass is 19.3. The van der Waals surface area contributed by atoms with Crippen LogP contribution in [0.2, 0.25) is 0 Å². The first kappa shape index (κ1) is 15.9. The second kappa shape index (κ2) is 6.29. The van der Waals surface area contributed by atoms with Gasteiger partial charge in [0, 0.05) is 18.5 Å². The van der Waals surface area contributed by atoms with E-state index in [1.54, 1.807) is 4.90 Å². The third-order valence-corrected chi connectivity index (χ3v) is 3.92. The summed E-state index contributed by atoms with van der Waals surface area (Å²) < 4.78 is 45.4. The molecule has 2 fully saturated rings. The monoisotopic (exact) mass is 329 g/mol. The second-order valence-corrected chi connectivity index (χ2v) is 5.33. The molecule has 126 valence electrons. The fourth-order valence-electron chi connectivity index (χ4n) is 2.84. The smallest absolute Gasteiger partial charge is 0.387 e. The van der Waals surface area contributed by atoms with Crippen LogP contribution >= 0.6 is 0 Å². The molecular weight excluding hydrogens is 312 g/mol. The van der Waals surface area contributed by atoms with Crippen LogP contribution in [0.4, 0.5) is 8.78 Å². The lowest BCUT2D eigenvalue weighted by Gasteiger charge is -2.22. The van der Waals surface area contributed by atoms with Crippen molar-refractivity contribution < 1.29 is 32.5 Å². The van der Waals surface area contributed by atoms with Crippen LogP contribution in [0.3, 0.4) is 0 Å². The van der Waals surface area contributed by atoms with Crippen molar-refractivity contribution in [1.82, 2.24) is 4.90 Å². The molecule has 0 bridgehead atoms. The summed E-state index contributed by atoms with van der Waals surface area (Å²) in [4.78, 5) is 14.1. The van der Waals surface area contributed by atoms with Gasteiger partial charge in [0.2, 0.25) is 0 Å². The van der Waals surface area contributed by atoms with Gasteiger partial charge >= 0.3 is 6.61 Å². The van der Waals surface area contributed by atoms with E-state index in [9.17, 15) is 13.6 Å². The fraction of sp³-hybridized carbons (Fsp3) is 0.533. The van der Waals surface area contributed by atoms with Gasteiger partial charge in [0.05, 0.1) is 26.9 Å². The molecule has 0 radical (unpaired) electrons. The molecular formula is C15H17F2NO5. The first-order chi connectivity index (χ1) is 11.0. The number of benzene rings is 1. The number of rotatable bonds is 4. The molecule has 1 spiro atoms. The number of methoxy groups -OCH3 is 1. The number of ether oxygens (including phenoxy) is 4. The Balaban J connectivity index is 1.77. The lowest BCUT2D eigenvalue weighted by Crippen LogP contribution is -2.36. The van der Waals surface area contributed by atoms with Crippen molar-refractivity contribution in [3.8, 4) is 11.5 Å². The second-order valence-electron chi connectivity index (χ2n) is 5.33. The highest BCUT2D eigenvalue weighted by molar-refractivity contribution is 5.95. The molecule has 0 unspecified atom stereocenters. The van der Waals surface area contributed by atoms with Gasteiger partial charge in [0.1, 0.15) is 0 Å². The van der Waals surface area contributed by atoms with Crippen LogP contribution in [-0.4, -0.2) is 56.6 Å². The van der Waals surface area contributed by atoms with Crippen molar-refractivity contribution in [2.24, 2.45) is 0 Å². The zero-order valence-electron chi connectivity index (χ0n) is 12.6. The number of hydrogen-bond donors (Lipinski definition) is 0. The Hall–Kier alpha value is -1.93. The summed E-state index contributed by atoms with van der Waals surface area (Å²) in [6.07, 6.45) is 0.593. The maximum atomic E-state index is 12.6. The van der Waals surface area contributed by atoms with Crippen molar-refractivity contribution >= 4 is 5.91 Å². The van der Waals surface area contributed by atoms with E-state index in [4.69, 9.17) is 14.2 Å². The lowest BCUT2D eigenvalue weighted by molar-refractivity contribution is -0.143. The minimum atomic E-state index is -3.00. The number of carbonyl (C=O) groups excluding carboxylic acids is 1. The summed E-state index contributed by atoms with van der Waals surface area (Å²) in [7, 11) is 1.34. The molecule has 1 amide bonds. The number of halogens is 2. The number of likely N-dealkylation sites (tertiary alicyclic amines) is 1.